The Hall–Kier alpha value is -3.67. The molecule has 38 heavy (non-hydrogen) atoms. The van der Waals surface area contributed by atoms with Gasteiger partial charge in [-0.1, -0.05) is 18.5 Å². The maximum absolute atomic E-state index is 14.6. The average Bonchev–Trinajstić information content (AvgIpc) is 2.88. The summed E-state index contributed by atoms with van der Waals surface area (Å²) in [7, 11) is 1.52. The second-order valence-corrected chi connectivity index (χ2v) is 8.91. The summed E-state index contributed by atoms with van der Waals surface area (Å²) in [5, 5.41) is 2.32. The molecule has 2 amide bonds. The van der Waals surface area contributed by atoms with E-state index in [1.165, 1.54) is 36.4 Å². The first kappa shape index (κ1) is 28.9. The first-order chi connectivity index (χ1) is 18.0. The monoisotopic (exact) mass is 555 g/mol. The van der Waals surface area contributed by atoms with Crippen LogP contribution in [-0.4, -0.2) is 41.7 Å². The van der Waals surface area contributed by atoms with Crippen molar-refractivity contribution < 1.29 is 31.9 Å². The molecule has 2 unspecified atom stereocenters. The topological polar surface area (TPSA) is 110 Å². The molecule has 3 rings (SSSR count). The molecule has 3 N–H and O–H groups in total. The second kappa shape index (κ2) is 12.2. The summed E-state index contributed by atoms with van der Waals surface area (Å²) in [6.45, 7) is 1.96. The summed E-state index contributed by atoms with van der Waals surface area (Å²) in [6, 6.07) is 4.53. The van der Waals surface area contributed by atoms with Crippen molar-refractivity contribution in [3.63, 3.8) is 0 Å². The molecule has 1 aliphatic rings. The van der Waals surface area contributed by atoms with Crippen LogP contribution in [0.4, 0.5) is 28.0 Å². The van der Waals surface area contributed by atoms with Crippen LogP contribution in [0.3, 0.4) is 0 Å². The van der Waals surface area contributed by atoms with E-state index in [1.807, 2.05) is 0 Å². The number of pyridine rings is 1. The lowest BCUT2D eigenvalue weighted by Crippen LogP contribution is -2.31. The van der Waals surface area contributed by atoms with Crippen molar-refractivity contribution in [1.82, 2.24) is 9.88 Å². The quantitative estimate of drug-likeness (QED) is 0.231. The van der Waals surface area contributed by atoms with Crippen LogP contribution < -0.4 is 11.1 Å². The number of alkyl halides is 3. The van der Waals surface area contributed by atoms with Crippen molar-refractivity contribution in [1.29, 1.82) is 0 Å². The van der Waals surface area contributed by atoms with Crippen molar-refractivity contribution in [3.05, 3.63) is 69.9 Å². The Kier molecular flexibility index (Phi) is 9.31. The van der Waals surface area contributed by atoms with E-state index < -0.39 is 41.8 Å². The number of anilines is 1. The molecule has 0 fully saturated rings. The molecule has 0 bridgehead atoms. The minimum Gasteiger partial charge on any atom is -0.441 e. The smallest absolute Gasteiger partial charge is 0.433 e. The molecule has 1 aliphatic heterocycles. The maximum Gasteiger partial charge on any atom is 0.433 e. The number of cyclic esters (lactones) is 1. The van der Waals surface area contributed by atoms with Crippen LogP contribution >= 0.6 is 11.6 Å². The fourth-order valence-electron chi connectivity index (χ4n) is 3.93. The predicted octanol–water partition coefficient (Wildman–Crippen LogP) is 5.80. The van der Waals surface area contributed by atoms with Crippen LogP contribution in [0.5, 0.6) is 0 Å². The molecule has 0 spiro atoms. The van der Waals surface area contributed by atoms with Gasteiger partial charge in [0.1, 0.15) is 11.8 Å². The number of likely N-dealkylation sites (N-methyl/N-ethyl adjacent to an activating group) is 1. The fourth-order valence-corrected chi connectivity index (χ4v) is 4.10. The SMILES string of the molecule is CCC(N=C/C(=C\N)C(=O)N(C)CCCC1OC(=O)Nc2ccc(Cl)c(F)c21)c1ccnc(C(F)(F)F)c1. The van der Waals surface area contributed by atoms with Gasteiger partial charge in [-0.3, -0.25) is 20.1 Å². The lowest BCUT2D eigenvalue weighted by molar-refractivity contribution is -0.141. The Bertz CT molecular complexity index is 1250. The number of nitrogens with zero attached hydrogens (tertiary/aromatic N) is 3. The van der Waals surface area contributed by atoms with Gasteiger partial charge in [0.2, 0.25) is 0 Å². The van der Waals surface area contributed by atoms with E-state index in [2.05, 4.69) is 15.3 Å². The third-order valence-electron chi connectivity index (χ3n) is 5.91. The van der Waals surface area contributed by atoms with E-state index in [0.29, 0.717) is 18.4 Å². The lowest BCUT2D eigenvalue weighted by atomic mass is 10.0. The number of ether oxygens (including phenoxy) is 1. The van der Waals surface area contributed by atoms with E-state index in [4.69, 9.17) is 22.1 Å². The number of fused-ring (bicyclic) bond motifs is 1. The number of nitrogens with one attached hydrogen (secondary N) is 1. The van der Waals surface area contributed by atoms with Crippen molar-refractivity contribution in [2.24, 2.45) is 10.7 Å². The molecule has 0 saturated heterocycles. The molecule has 13 heteroatoms. The van der Waals surface area contributed by atoms with Gasteiger partial charge in [-0.15, -0.1) is 0 Å². The predicted molar refractivity (Wildman–Crippen MR) is 134 cm³/mol. The number of hydrogen-bond donors (Lipinski definition) is 2. The molecule has 0 saturated carbocycles. The van der Waals surface area contributed by atoms with Gasteiger partial charge in [0.05, 0.1) is 27.9 Å². The van der Waals surface area contributed by atoms with Crippen LogP contribution in [0.1, 0.15) is 55.2 Å². The minimum absolute atomic E-state index is 0.0347. The Labute approximate surface area is 221 Å². The second-order valence-electron chi connectivity index (χ2n) is 8.51. The average molecular weight is 556 g/mol. The molecule has 2 heterocycles. The van der Waals surface area contributed by atoms with Crippen molar-refractivity contribution in [2.45, 2.75) is 44.5 Å². The van der Waals surface area contributed by atoms with E-state index in [9.17, 15) is 27.2 Å². The number of carbonyl (C=O) groups is 2. The van der Waals surface area contributed by atoms with Crippen LogP contribution in [0.25, 0.3) is 0 Å². The first-order valence-electron chi connectivity index (χ1n) is 11.6. The number of benzene rings is 1. The van der Waals surface area contributed by atoms with Gasteiger partial charge in [0, 0.05) is 32.2 Å². The summed E-state index contributed by atoms with van der Waals surface area (Å²) in [5.41, 5.74) is 5.33. The van der Waals surface area contributed by atoms with E-state index in [0.717, 1.165) is 18.5 Å². The number of rotatable bonds is 9. The van der Waals surface area contributed by atoms with E-state index in [-0.39, 0.29) is 34.8 Å². The molecule has 2 atom stereocenters. The molecule has 204 valence electrons. The third kappa shape index (κ3) is 6.80. The zero-order chi connectivity index (χ0) is 28.0. The lowest BCUT2D eigenvalue weighted by Gasteiger charge is -2.27. The molecule has 0 aliphatic carbocycles. The Morgan fingerprint density at radius 1 is 1.37 bits per heavy atom. The van der Waals surface area contributed by atoms with Crippen LogP contribution in [0.15, 0.2) is 47.2 Å². The number of amides is 2. The summed E-state index contributed by atoms with van der Waals surface area (Å²) in [4.78, 5) is 33.7. The Morgan fingerprint density at radius 2 is 2.11 bits per heavy atom. The minimum atomic E-state index is -4.59. The number of nitrogens with two attached hydrogens (primary N) is 1. The van der Waals surface area contributed by atoms with Crippen molar-refractivity contribution in [2.75, 3.05) is 18.9 Å². The van der Waals surface area contributed by atoms with E-state index in [1.54, 1.807) is 6.92 Å². The van der Waals surface area contributed by atoms with Gasteiger partial charge in [0.25, 0.3) is 5.91 Å². The molecule has 1 aromatic heterocycles. The number of aromatic nitrogens is 1. The largest absolute Gasteiger partial charge is 0.441 e. The van der Waals surface area contributed by atoms with Gasteiger partial charge in [-0.05, 0) is 49.1 Å². The summed E-state index contributed by atoms with van der Waals surface area (Å²) in [5.74, 6) is -1.17. The van der Waals surface area contributed by atoms with Crippen molar-refractivity contribution >= 4 is 35.5 Å². The Balaban J connectivity index is 1.64. The molecule has 0 radical (unpaired) electrons. The summed E-state index contributed by atoms with van der Waals surface area (Å²) in [6.07, 6.45) is -1.93. The van der Waals surface area contributed by atoms with Crippen LogP contribution in [0, 0.1) is 5.82 Å². The molecule has 8 nitrogen and oxygen atoms in total. The zero-order valence-electron chi connectivity index (χ0n) is 20.6. The van der Waals surface area contributed by atoms with Gasteiger partial charge in [-0.25, -0.2) is 9.18 Å². The van der Waals surface area contributed by atoms with Gasteiger partial charge in [0.15, 0.2) is 5.82 Å². The number of hydrogen-bond acceptors (Lipinski definition) is 6. The summed E-state index contributed by atoms with van der Waals surface area (Å²) >= 11 is 5.87. The maximum atomic E-state index is 14.6. The van der Waals surface area contributed by atoms with Gasteiger partial charge in [-0.2, -0.15) is 13.2 Å². The number of halogens is 5. The third-order valence-corrected chi connectivity index (χ3v) is 6.21. The molecular formula is C25H26ClF4N5O3. The summed E-state index contributed by atoms with van der Waals surface area (Å²) < 4.78 is 58.9. The highest BCUT2D eigenvalue weighted by Gasteiger charge is 2.33. The van der Waals surface area contributed by atoms with Gasteiger partial charge < -0.3 is 15.4 Å². The Morgan fingerprint density at radius 3 is 2.76 bits per heavy atom. The highest BCUT2D eigenvalue weighted by molar-refractivity contribution is 6.31. The van der Waals surface area contributed by atoms with Gasteiger partial charge >= 0.3 is 12.3 Å². The van der Waals surface area contributed by atoms with E-state index >= 15 is 0 Å². The normalized spacial score (nSPS) is 16.6. The first-order valence-corrected chi connectivity index (χ1v) is 12.0. The highest BCUT2D eigenvalue weighted by atomic mass is 35.5. The fraction of sp³-hybridized carbons (Fsp3) is 0.360. The standard InChI is InChI=1S/C25H26ClF4N5O3/c1-3-17(14-8-9-32-20(11-14)25(28,29)30)33-13-15(12-31)23(36)35(2)10-4-5-19-21-18(34-24(37)38-19)7-6-16(26)22(21)27/h6-9,11-13,17,19H,3-5,10,31H2,1-2H3,(H,34,37)/b15-12+,33-13?. The number of carbonyl (C=O) groups excluding carboxylic acids is 2. The highest BCUT2D eigenvalue weighted by Crippen LogP contribution is 2.38. The molecular weight excluding hydrogens is 530 g/mol. The molecule has 1 aromatic carbocycles. The van der Waals surface area contributed by atoms with Crippen molar-refractivity contribution in [3.8, 4) is 0 Å². The molecule has 2 aromatic rings. The van der Waals surface area contributed by atoms with Crippen LogP contribution in [-0.2, 0) is 15.7 Å². The zero-order valence-corrected chi connectivity index (χ0v) is 21.3. The van der Waals surface area contributed by atoms with Crippen LogP contribution in [0.2, 0.25) is 5.02 Å². The number of aliphatic imine (C=N–C) groups is 1.